The fourth-order valence-corrected chi connectivity index (χ4v) is 3.53. The second kappa shape index (κ2) is 11.0. The van der Waals surface area contributed by atoms with E-state index in [-0.39, 0.29) is 5.91 Å². The minimum atomic E-state index is -0.0381. The van der Waals surface area contributed by atoms with Crippen molar-refractivity contribution < 1.29 is 9.53 Å². The van der Waals surface area contributed by atoms with E-state index < -0.39 is 0 Å². The summed E-state index contributed by atoms with van der Waals surface area (Å²) in [6.45, 7) is 7.01. The monoisotopic (exact) mass is 435 g/mol. The van der Waals surface area contributed by atoms with Gasteiger partial charge in [-0.3, -0.25) is 9.69 Å². The lowest BCUT2D eigenvalue weighted by Crippen LogP contribution is -2.37. The lowest BCUT2D eigenvalue weighted by atomic mass is 10.0. The number of amides is 1. The van der Waals surface area contributed by atoms with Crippen LogP contribution in [0.25, 0.3) is 22.0 Å². The first-order valence-corrected chi connectivity index (χ1v) is 11.0. The summed E-state index contributed by atoms with van der Waals surface area (Å²) in [6.07, 6.45) is 2.55. The maximum atomic E-state index is 12.9. The molecule has 0 aliphatic heterocycles. The lowest BCUT2D eigenvalue weighted by molar-refractivity contribution is -0.117. The van der Waals surface area contributed by atoms with E-state index in [4.69, 9.17) is 4.74 Å². The number of carbonyl (C=O) groups excluding carboxylic acids is 1. The van der Waals surface area contributed by atoms with Gasteiger partial charge in [0.05, 0.1) is 19.3 Å². The summed E-state index contributed by atoms with van der Waals surface area (Å²) in [6, 6.07) is 11.9. The molecular formula is C25H33N5O2. The third-order valence-electron chi connectivity index (χ3n) is 5.43. The number of nitrogens with zero attached hydrogens (tertiary/aromatic N) is 4. The fourth-order valence-electron chi connectivity index (χ4n) is 3.53. The highest BCUT2D eigenvalue weighted by molar-refractivity contribution is 6.05. The van der Waals surface area contributed by atoms with Crippen LogP contribution in [0.15, 0.2) is 42.6 Å². The Morgan fingerprint density at radius 1 is 1.09 bits per heavy atom. The van der Waals surface area contributed by atoms with Crippen LogP contribution in [-0.2, 0) is 11.2 Å². The number of aromatic nitrogens is 2. The molecule has 1 N–H and O–H groups in total. The van der Waals surface area contributed by atoms with Gasteiger partial charge in [0.15, 0.2) is 0 Å². The van der Waals surface area contributed by atoms with Gasteiger partial charge < -0.3 is 15.0 Å². The molecule has 170 valence electrons. The van der Waals surface area contributed by atoms with Crippen LogP contribution in [0.1, 0.15) is 19.7 Å². The summed E-state index contributed by atoms with van der Waals surface area (Å²) in [5.74, 6) is 1.50. The molecule has 3 rings (SSSR count). The van der Waals surface area contributed by atoms with Gasteiger partial charge in [-0.05, 0) is 56.4 Å². The molecule has 1 heterocycles. The van der Waals surface area contributed by atoms with E-state index in [1.54, 1.807) is 13.3 Å². The Kier molecular flexibility index (Phi) is 8.14. The van der Waals surface area contributed by atoms with Gasteiger partial charge in [-0.1, -0.05) is 19.9 Å². The van der Waals surface area contributed by atoms with Crippen LogP contribution in [0.5, 0.6) is 5.75 Å². The number of hydrogen-bond donors (Lipinski definition) is 1. The van der Waals surface area contributed by atoms with E-state index >= 15 is 0 Å². The molecule has 7 heteroatoms. The third kappa shape index (κ3) is 6.02. The number of methoxy groups -OCH3 is 1. The van der Waals surface area contributed by atoms with Crippen molar-refractivity contribution in [1.29, 1.82) is 0 Å². The zero-order valence-corrected chi connectivity index (χ0v) is 19.7. The zero-order chi connectivity index (χ0) is 23.1. The van der Waals surface area contributed by atoms with Crippen molar-refractivity contribution in [2.24, 2.45) is 0 Å². The minimum absolute atomic E-state index is 0.0381. The fraction of sp³-hybridized carbons (Fsp3) is 0.400. The van der Waals surface area contributed by atoms with E-state index in [0.29, 0.717) is 6.54 Å². The molecule has 1 amide bonds. The summed E-state index contributed by atoms with van der Waals surface area (Å²) in [7, 11) is 5.72. The molecule has 0 atom stereocenters. The number of fused-ring (bicyclic) bond motifs is 1. The van der Waals surface area contributed by atoms with Gasteiger partial charge in [0.2, 0.25) is 5.91 Å². The third-order valence-corrected chi connectivity index (χ3v) is 5.43. The predicted molar refractivity (Wildman–Crippen MR) is 130 cm³/mol. The number of nitrogens with one attached hydrogen (secondary N) is 1. The highest BCUT2D eigenvalue weighted by atomic mass is 16.5. The zero-order valence-electron chi connectivity index (χ0n) is 19.7. The number of anilines is 1. The Hall–Kier alpha value is -3.03. The highest BCUT2D eigenvalue weighted by Gasteiger charge is 2.14. The van der Waals surface area contributed by atoms with Gasteiger partial charge in [0, 0.05) is 42.3 Å². The summed E-state index contributed by atoms with van der Waals surface area (Å²) < 4.78 is 5.42. The summed E-state index contributed by atoms with van der Waals surface area (Å²) in [5, 5.41) is 5.08. The Labute approximate surface area is 190 Å². The molecule has 3 aromatic rings. The van der Waals surface area contributed by atoms with Crippen LogP contribution < -0.4 is 10.1 Å². The first-order valence-electron chi connectivity index (χ1n) is 11.0. The van der Waals surface area contributed by atoms with Crippen molar-refractivity contribution in [3.05, 3.63) is 48.4 Å². The molecule has 0 fully saturated rings. The van der Waals surface area contributed by atoms with Gasteiger partial charge >= 0.3 is 0 Å². The SMILES string of the molecule is CCc1nccc(-c2cc(NC(=O)CN(CC)CCN(C)C)c3cc(OC)ccc3c2)n1. The largest absolute Gasteiger partial charge is 0.497 e. The molecule has 0 radical (unpaired) electrons. The molecule has 0 unspecified atom stereocenters. The van der Waals surface area contributed by atoms with E-state index in [9.17, 15) is 4.79 Å². The van der Waals surface area contributed by atoms with Gasteiger partial charge in [0.1, 0.15) is 11.6 Å². The van der Waals surface area contributed by atoms with Crippen molar-refractivity contribution in [1.82, 2.24) is 19.8 Å². The number of ether oxygens (including phenoxy) is 1. The average Bonchev–Trinajstić information content (AvgIpc) is 2.81. The molecule has 0 saturated heterocycles. The lowest BCUT2D eigenvalue weighted by Gasteiger charge is -2.22. The molecule has 7 nitrogen and oxygen atoms in total. The van der Waals surface area contributed by atoms with Crippen molar-refractivity contribution in [3.8, 4) is 17.0 Å². The van der Waals surface area contributed by atoms with Crippen LogP contribution >= 0.6 is 0 Å². The molecule has 2 aromatic carbocycles. The maximum Gasteiger partial charge on any atom is 0.238 e. The molecule has 0 bridgehead atoms. The topological polar surface area (TPSA) is 70.6 Å². The Balaban J connectivity index is 1.94. The van der Waals surface area contributed by atoms with Gasteiger partial charge in [-0.15, -0.1) is 0 Å². The minimum Gasteiger partial charge on any atom is -0.497 e. The Morgan fingerprint density at radius 2 is 1.91 bits per heavy atom. The van der Waals surface area contributed by atoms with Crippen molar-refractivity contribution in [3.63, 3.8) is 0 Å². The molecule has 32 heavy (non-hydrogen) atoms. The number of hydrogen-bond acceptors (Lipinski definition) is 6. The van der Waals surface area contributed by atoms with Crippen molar-refractivity contribution >= 4 is 22.4 Å². The normalized spacial score (nSPS) is 11.3. The molecule has 0 aliphatic rings. The molecule has 1 aromatic heterocycles. The van der Waals surface area contributed by atoms with Crippen LogP contribution in [-0.4, -0.2) is 73.1 Å². The standard InChI is InChI=1S/C25H33N5O2/c1-6-24-26-11-10-22(27-24)19-14-18-8-9-20(32-5)16-21(18)23(15-19)28-25(31)17-30(7-2)13-12-29(3)4/h8-11,14-16H,6-7,12-13,17H2,1-5H3,(H,28,31). The van der Waals surface area contributed by atoms with Crippen LogP contribution in [0, 0.1) is 0 Å². The Bertz CT molecular complexity index is 1070. The summed E-state index contributed by atoms with van der Waals surface area (Å²) in [5.41, 5.74) is 2.53. The summed E-state index contributed by atoms with van der Waals surface area (Å²) in [4.78, 5) is 26.2. The van der Waals surface area contributed by atoms with Crippen molar-refractivity contribution in [2.75, 3.05) is 52.7 Å². The van der Waals surface area contributed by atoms with Gasteiger partial charge in [-0.2, -0.15) is 0 Å². The summed E-state index contributed by atoms with van der Waals surface area (Å²) >= 11 is 0. The first kappa shape index (κ1) is 23.6. The van der Waals surface area contributed by atoms with Gasteiger partial charge in [-0.25, -0.2) is 9.97 Å². The first-order chi connectivity index (χ1) is 15.4. The number of benzene rings is 2. The van der Waals surface area contributed by atoms with Gasteiger partial charge in [0.25, 0.3) is 0 Å². The quantitative estimate of drug-likeness (QED) is 0.524. The van der Waals surface area contributed by atoms with E-state index in [0.717, 1.165) is 65.3 Å². The Morgan fingerprint density at radius 3 is 2.59 bits per heavy atom. The van der Waals surface area contributed by atoms with E-state index in [2.05, 4.69) is 38.1 Å². The van der Waals surface area contributed by atoms with Crippen LogP contribution in [0.2, 0.25) is 0 Å². The second-order valence-electron chi connectivity index (χ2n) is 8.04. The molecule has 0 aliphatic carbocycles. The van der Waals surface area contributed by atoms with Crippen molar-refractivity contribution in [2.45, 2.75) is 20.3 Å². The average molecular weight is 436 g/mol. The smallest absolute Gasteiger partial charge is 0.238 e. The maximum absolute atomic E-state index is 12.9. The number of aryl methyl sites for hydroxylation is 1. The van der Waals surface area contributed by atoms with Crippen LogP contribution in [0.4, 0.5) is 5.69 Å². The number of carbonyl (C=O) groups is 1. The number of likely N-dealkylation sites (N-methyl/N-ethyl adjacent to an activating group) is 2. The van der Waals surface area contributed by atoms with E-state index in [1.165, 1.54) is 0 Å². The molecule has 0 spiro atoms. The second-order valence-corrected chi connectivity index (χ2v) is 8.04. The van der Waals surface area contributed by atoms with E-state index in [1.807, 2.05) is 51.4 Å². The molecule has 0 saturated carbocycles. The number of rotatable bonds is 10. The predicted octanol–water partition coefficient (Wildman–Crippen LogP) is 3.69. The highest BCUT2D eigenvalue weighted by Crippen LogP contribution is 2.33. The molecular weight excluding hydrogens is 402 g/mol. The van der Waals surface area contributed by atoms with Crippen LogP contribution in [0.3, 0.4) is 0 Å².